The highest BCUT2D eigenvalue weighted by Crippen LogP contribution is 2.30. The van der Waals surface area contributed by atoms with E-state index >= 15 is 0 Å². The lowest BCUT2D eigenvalue weighted by molar-refractivity contribution is 1.41. The Kier molecular flexibility index (Phi) is 4.76. The Bertz CT molecular complexity index is 1060. The van der Waals surface area contributed by atoms with E-state index in [1.165, 1.54) is 33.4 Å². The van der Waals surface area contributed by atoms with Crippen molar-refractivity contribution < 1.29 is 0 Å². The van der Waals surface area contributed by atoms with Crippen LogP contribution in [-0.4, -0.2) is 0 Å². The van der Waals surface area contributed by atoms with E-state index in [9.17, 15) is 0 Å². The van der Waals surface area contributed by atoms with Crippen molar-refractivity contribution in [1.29, 1.82) is 0 Å². The Morgan fingerprint density at radius 2 is 1.26 bits per heavy atom. The SMILES string of the molecule is Cc1cc(-c2ccccc2C)ccc1Nc1cccc(-c2ccccc2)c1. The van der Waals surface area contributed by atoms with Gasteiger partial charge in [0.1, 0.15) is 0 Å². The summed E-state index contributed by atoms with van der Waals surface area (Å²) in [4.78, 5) is 0. The number of anilines is 2. The molecule has 0 bridgehead atoms. The molecule has 0 aliphatic rings. The van der Waals surface area contributed by atoms with Crippen molar-refractivity contribution in [3.05, 3.63) is 108 Å². The lowest BCUT2D eigenvalue weighted by atomic mass is 9.98. The van der Waals surface area contributed by atoms with Gasteiger partial charge < -0.3 is 5.32 Å². The van der Waals surface area contributed by atoms with E-state index in [2.05, 4.69) is 110 Å². The maximum atomic E-state index is 3.58. The second-order valence-electron chi connectivity index (χ2n) is 6.92. The van der Waals surface area contributed by atoms with Crippen LogP contribution in [0.25, 0.3) is 22.3 Å². The van der Waals surface area contributed by atoms with Gasteiger partial charge in [-0.05, 0) is 71.5 Å². The predicted molar refractivity (Wildman–Crippen MR) is 117 cm³/mol. The molecule has 0 aromatic heterocycles. The minimum atomic E-state index is 1.10. The van der Waals surface area contributed by atoms with Crippen molar-refractivity contribution >= 4 is 11.4 Å². The molecule has 1 nitrogen and oxygen atoms in total. The van der Waals surface area contributed by atoms with Crippen LogP contribution < -0.4 is 5.32 Å². The van der Waals surface area contributed by atoms with E-state index in [1.54, 1.807) is 0 Å². The molecule has 0 unspecified atom stereocenters. The Morgan fingerprint density at radius 3 is 2.04 bits per heavy atom. The van der Waals surface area contributed by atoms with Crippen molar-refractivity contribution in [3.8, 4) is 22.3 Å². The van der Waals surface area contributed by atoms with Crippen LogP contribution in [0.15, 0.2) is 97.1 Å². The third kappa shape index (κ3) is 3.78. The molecule has 1 N–H and O–H groups in total. The molecule has 0 atom stereocenters. The molecule has 0 aliphatic carbocycles. The van der Waals surface area contributed by atoms with E-state index in [1.807, 2.05) is 6.07 Å². The van der Waals surface area contributed by atoms with Crippen LogP contribution in [0.2, 0.25) is 0 Å². The van der Waals surface area contributed by atoms with Crippen molar-refractivity contribution in [2.45, 2.75) is 13.8 Å². The van der Waals surface area contributed by atoms with Gasteiger partial charge in [-0.2, -0.15) is 0 Å². The number of rotatable bonds is 4. The number of hydrogen-bond donors (Lipinski definition) is 1. The first kappa shape index (κ1) is 17.1. The van der Waals surface area contributed by atoms with Crippen molar-refractivity contribution in [2.24, 2.45) is 0 Å². The summed E-state index contributed by atoms with van der Waals surface area (Å²) in [5.74, 6) is 0. The molecule has 4 aromatic carbocycles. The predicted octanol–water partition coefficient (Wildman–Crippen LogP) is 7.38. The zero-order valence-electron chi connectivity index (χ0n) is 15.7. The van der Waals surface area contributed by atoms with Gasteiger partial charge in [0.15, 0.2) is 0 Å². The summed E-state index contributed by atoms with van der Waals surface area (Å²) in [6.07, 6.45) is 0. The molecule has 0 saturated heterocycles. The van der Waals surface area contributed by atoms with E-state index in [-0.39, 0.29) is 0 Å². The summed E-state index contributed by atoms with van der Waals surface area (Å²) in [6, 6.07) is 34.2. The van der Waals surface area contributed by atoms with Gasteiger partial charge in [-0.25, -0.2) is 0 Å². The lowest BCUT2D eigenvalue weighted by Gasteiger charge is -2.13. The Labute approximate surface area is 161 Å². The van der Waals surface area contributed by atoms with Crippen LogP contribution in [0, 0.1) is 13.8 Å². The molecule has 4 rings (SSSR count). The minimum absolute atomic E-state index is 1.10. The van der Waals surface area contributed by atoms with Gasteiger partial charge in [-0.3, -0.25) is 0 Å². The molecule has 0 saturated carbocycles. The number of hydrogen-bond acceptors (Lipinski definition) is 1. The topological polar surface area (TPSA) is 12.0 Å². The van der Waals surface area contributed by atoms with Gasteiger partial charge in [0.05, 0.1) is 0 Å². The second-order valence-corrected chi connectivity index (χ2v) is 6.92. The molecule has 4 aromatic rings. The Balaban J connectivity index is 1.61. The summed E-state index contributed by atoms with van der Waals surface area (Å²) in [6.45, 7) is 4.32. The minimum Gasteiger partial charge on any atom is -0.355 e. The zero-order valence-corrected chi connectivity index (χ0v) is 15.7. The summed E-state index contributed by atoms with van der Waals surface area (Å²) >= 11 is 0. The van der Waals surface area contributed by atoms with Crippen LogP contribution in [0.5, 0.6) is 0 Å². The van der Waals surface area contributed by atoms with Gasteiger partial charge in [0.25, 0.3) is 0 Å². The highest BCUT2D eigenvalue weighted by atomic mass is 14.9. The highest BCUT2D eigenvalue weighted by Gasteiger charge is 2.06. The largest absolute Gasteiger partial charge is 0.355 e. The molecule has 0 fully saturated rings. The Morgan fingerprint density at radius 1 is 0.519 bits per heavy atom. The van der Waals surface area contributed by atoms with Crippen LogP contribution in [0.1, 0.15) is 11.1 Å². The van der Waals surface area contributed by atoms with Crippen molar-refractivity contribution in [1.82, 2.24) is 0 Å². The molecule has 132 valence electrons. The summed E-state index contributed by atoms with van der Waals surface area (Å²) in [7, 11) is 0. The van der Waals surface area contributed by atoms with Crippen molar-refractivity contribution in [2.75, 3.05) is 5.32 Å². The average molecular weight is 349 g/mol. The Hall–Kier alpha value is -3.32. The van der Waals surface area contributed by atoms with Gasteiger partial charge >= 0.3 is 0 Å². The van der Waals surface area contributed by atoms with E-state index in [0.717, 1.165) is 11.4 Å². The standard InChI is InChI=1S/C26H23N/c1-19-9-6-7-14-25(19)23-15-16-26(20(2)17-23)27-24-13-8-12-22(18-24)21-10-4-3-5-11-21/h3-18,27H,1-2H3. The van der Waals surface area contributed by atoms with Gasteiger partial charge in [0.2, 0.25) is 0 Å². The summed E-state index contributed by atoms with van der Waals surface area (Å²) in [5, 5.41) is 3.58. The van der Waals surface area contributed by atoms with Crippen LogP contribution >= 0.6 is 0 Å². The van der Waals surface area contributed by atoms with E-state index < -0.39 is 0 Å². The molecule has 0 radical (unpaired) electrons. The highest BCUT2D eigenvalue weighted by molar-refractivity contribution is 5.75. The van der Waals surface area contributed by atoms with E-state index in [0.29, 0.717) is 0 Å². The molecule has 1 heteroatoms. The fourth-order valence-corrected chi connectivity index (χ4v) is 3.43. The third-order valence-electron chi connectivity index (χ3n) is 4.93. The van der Waals surface area contributed by atoms with E-state index in [4.69, 9.17) is 0 Å². The third-order valence-corrected chi connectivity index (χ3v) is 4.93. The normalized spacial score (nSPS) is 10.6. The van der Waals surface area contributed by atoms with Crippen LogP contribution in [0.3, 0.4) is 0 Å². The molecule has 0 heterocycles. The van der Waals surface area contributed by atoms with Gasteiger partial charge in [-0.1, -0.05) is 72.8 Å². The maximum absolute atomic E-state index is 3.58. The molecule has 27 heavy (non-hydrogen) atoms. The molecule has 0 spiro atoms. The monoisotopic (exact) mass is 349 g/mol. The number of benzene rings is 4. The average Bonchev–Trinajstić information content (AvgIpc) is 2.71. The molecular formula is C26H23N. The molecular weight excluding hydrogens is 326 g/mol. The van der Waals surface area contributed by atoms with Crippen LogP contribution in [0.4, 0.5) is 11.4 Å². The fraction of sp³-hybridized carbons (Fsp3) is 0.0769. The summed E-state index contributed by atoms with van der Waals surface area (Å²) < 4.78 is 0. The van der Waals surface area contributed by atoms with Crippen LogP contribution in [-0.2, 0) is 0 Å². The smallest absolute Gasteiger partial charge is 0.0414 e. The molecule has 0 aliphatic heterocycles. The zero-order chi connectivity index (χ0) is 18.6. The van der Waals surface area contributed by atoms with Crippen molar-refractivity contribution in [3.63, 3.8) is 0 Å². The maximum Gasteiger partial charge on any atom is 0.0414 e. The van der Waals surface area contributed by atoms with Gasteiger partial charge in [-0.15, -0.1) is 0 Å². The lowest BCUT2D eigenvalue weighted by Crippen LogP contribution is -1.94. The summed E-state index contributed by atoms with van der Waals surface area (Å²) in [5.41, 5.74) is 9.77. The first-order chi connectivity index (χ1) is 13.2. The van der Waals surface area contributed by atoms with Gasteiger partial charge in [0, 0.05) is 11.4 Å². The second kappa shape index (κ2) is 7.51. The molecule has 0 amide bonds. The fourth-order valence-electron chi connectivity index (χ4n) is 3.43. The first-order valence-electron chi connectivity index (χ1n) is 9.30. The first-order valence-corrected chi connectivity index (χ1v) is 9.30. The number of nitrogens with one attached hydrogen (secondary N) is 1. The quantitative estimate of drug-likeness (QED) is 0.405. The number of aryl methyl sites for hydroxylation is 2.